The zero-order valence-corrected chi connectivity index (χ0v) is 18.5. The minimum atomic E-state index is -1.10. The van der Waals surface area contributed by atoms with E-state index in [-0.39, 0.29) is 0 Å². The van der Waals surface area contributed by atoms with Crippen LogP contribution in [-0.2, 0) is 17.7 Å². The maximum atomic E-state index is 11.5. The van der Waals surface area contributed by atoms with Gasteiger partial charge < -0.3 is 25.0 Å². The number of benzene rings is 2. The Labute approximate surface area is 183 Å². The number of hydrogen-bond donors (Lipinski definition) is 3. The highest BCUT2D eigenvalue weighted by atomic mass is 32.2. The number of nitrogens with one attached hydrogen (secondary N) is 1. The van der Waals surface area contributed by atoms with E-state index < -0.39 is 22.8 Å². The molecule has 6 nitrogen and oxygen atoms in total. The molecule has 3 unspecified atom stereocenters. The fourth-order valence-corrected chi connectivity index (χ4v) is 4.90. The van der Waals surface area contributed by atoms with Crippen LogP contribution in [0.25, 0.3) is 10.9 Å². The van der Waals surface area contributed by atoms with Crippen molar-refractivity contribution in [3.05, 3.63) is 59.7 Å². The lowest BCUT2D eigenvalue weighted by atomic mass is 10.1. The average Bonchev–Trinajstić information content (AvgIpc) is 2.84. The molecule has 4 rings (SSSR count). The van der Waals surface area contributed by atoms with E-state index in [2.05, 4.69) is 11.4 Å². The van der Waals surface area contributed by atoms with Gasteiger partial charge in [0.1, 0.15) is 17.0 Å². The van der Waals surface area contributed by atoms with Crippen molar-refractivity contribution in [2.24, 2.45) is 0 Å². The van der Waals surface area contributed by atoms with Crippen molar-refractivity contribution in [3.63, 3.8) is 0 Å². The second-order valence-corrected chi connectivity index (χ2v) is 10.1. The standard InChI is InChI=1S/C22H25N3O3S2/c1-14-7-8-17-16(11-14)18(23-9-10-30(2)28)12-20(24-17)25-13-15-5-3-4-6-19(15)29-22(27)21(25)26/h3-8,11-12,21-22,26-27H,9-10,13H2,1-2H3,(H,23,24). The molecule has 3 N–H and O–H groups in total. The van der Waals surface area contributed by atoms with E-state index in [0.29, 0.717) is 24.7 Å². The summed E-state index contributed by atoms with van der Waals surface area (Å²) < 4.78 is 11.5. The van der Waals surface area contributed by atoms with Crippen LogP contribution in [0.15, 0.2) is 53.4 Å². The van der Waals surface area contributed by atoms with Crippen LogP contribution in [0, 0.1) is 6.92 Å². The van der Waals surface area contributed by atoms with Gasteiger partial charge in [-0.05, 0) is 30.7 Å². The Hall–Kier alpha value is -1.97. The molecule has 0 radical (unpaired) electrons. The van der Waals surface area contributed by atoms with Crippen LogP contribution >= 0.6 is 11.8 Å². The van der Waals surface area contributed by atoms with Crippen molar-refractivity contribution in [1.82, 2.24) is 4.98 Å². The Bertz CT molecular complexity index is 1050. The Morgan fingerprint density at radius 3 is 2.83 bits per heavy atom. The molecule has 3 atom stereocenters. The molecule has 158 valence electrons. The first-order chi connectivity index (χ1) is 14.4. The lowest BCUT2D eigenvalue weighted by molar-refractivity contribution is 0.0699. The molecular formula is C22H25N3O3S2. The molecule has 1 aliphatic heterocycles. The van der Waals surface area contributed by atoms with E-state index in [9.17, 15) is 14.8 Å². The zero-order chi connectivity index (χ0) is 21.3. The van der Waals surface area contributed by atoms with Crippen molar-refractivity contribution in [3.8, 4) is 0 Å². The van der Waals surface area contributed by atoms with Crippen LogP contribution in [0.2, 0.25) is 0 Å². The number of nitrogens with zero attached hydrogens (tertiary/aromatic N) is 2. The Kier molecular flexibility index (Phi) is 6.40. The molecule has 0 bridgehead atoms. The smallest absolute Gasteiger partial charge is 0.164 e. The SMILES string of the molecule is Cc1ccc2nc(N3Cc4ccccc4SC(O)C3O)cc(NCC[S+](C)[O-])c2c1. The molecule has 0 aliphatic carbocycles. The van der Waals surface area contributed by atoms with E-state index in [0.717, 1.165) is 32.6 Å². The second kappa shape index (κ2) is 9.03. The summed E-state index contributed by atoms with van der Waals surface area (Å²) in [5.41, 5.74) is 2.82. The molecule has 8 heteroatoms. The van der Waals surface area contributed by atoms with Crippen LogP contribution in [0.3, 0.4) is 0 Å². The number of rotatable bonds is 5. The Morgan fingerprint density at radius 1 is 1.23 bits per heavy atom. The third-order valence-corrected chi connectivity index (χ3v) is 7.00. The molecule has 0 saturated heterocycles. The highest BCUT2D eigenvalue weighted by Crippen LogP contribution is 2.36. The summed E-state index contributed by atoms with van der Waals surface area (Å²) in [5.74, 6) is 1.12. The summed E-state index contributed by atoms with van der Waals surface area (Å²) in [6.07, 6.45) is 0.584. The number of aliphatic hydroxyl groups is 2. The fourth-order valence-electron chi connectivity index (χ4n) is 3.54. The third kappa shape index (κ3) is 4.53. The second-order valence-electron chi connectivity index (χ2n) is 7.41. The van der Waals surface area contributed by atoms with Crippen LogP contribution in [0.4, 0.5) is 11.5 Å². The van der Waals surface area contributed by atoms with Gasteiger partial charge >= 0.3 is 0 Å². The molecule has 2 heterocycles. The number of thioether (sulfide) groups is 1. The van der Waals surface area contributed by atoms with Gasteiger partial charge in [0, 0.05) is 28.6 Å². The number of fused-ring (bicyclic) bond motifs is 2. The van der Waals surface area contributed by atoms with Crippen molar-refractivity contribution >= 4 is 45.3 Å². The van der Waals surface area contributed by atoms with Crippen LogP contribution < -0.4 is 10.2 Å². The van der Waals surface area contributed by atoms with E-state index in [1.807, 2.05) is 49.4 Å². The van der Waals surface area contributed by atoms with Crippen molar-refractivity contribution in [2.75, 3.05) is 28.8 Å². The van der Waals surface area contributed by atoms with Crippen LogP contribution in [0.1, 0.15) is 11.1 Å². The molecule has 2 aromatic carbocycles. The first kappa shape index (κ1) is 21.3. The minimum Gasteiger partial charge on any atom is -0.617 e. The largest absolute Gasteiger partial charge is 0.617 e. The minimum absolute atomic E-state index is 0.435. The normalized spacial score (nSPS) is 20.0. The molecule has 1 aromatic heterocycles. The maximum absolute atomic E-state index is 11.5. The van der Waals surface area contributed by atoms with Gasteiger partial charge in [0.25, 0.3) is 0 Å². The monoisotopic (exact) mass is 443 g/mol. The van der Waals surface area contributed by atoms with Crippen LogP contribution in [-0.4, -0.2) is 50.0 Å². The summed E-state index contributed by atoms with van der Waals surface area (Å²) in [6, 6.07) is 15.8. The number of pyridine rings is 1. The van der Waals surface area contributed by atoms with E-state index >= 15 is 0 Å². The first-order valence-electron chi connectivity index (χ1n) is 9.75. The summed E-state index contributed by atoms with van der Waals surface area (Å²) in [5, 5.41) is 25.8. The Balaban J connectivity index is 1.76. The molecule has 0 amide bonds. The summed E-state index contributed by atoms with van der Waals surface area (Å²) in [4.78, 5) is 7.47. The van der Waals surface area contributed by atoms with Crippen molar-refractivity contribution in [1.29, 1.82) is 0 Å². The number of aliphatic hydroxyl groups excluding tert-OH is 2. The van der Waals surface area contributed by atoms with Gasteiger partial charge in [-0.15, -0.1) is 0 Å². The molecule has 0 saturated carbocycles. The molecule has 1 aliphatic rings. The van der Waals surface area contributed by atoms with Gasteiger partial charge in [-0.25, -0.2) is 4.98 Å². The van der Waals surface area contributed by atoms with Gasteiger partial charge in [0.2, 0.25) is 0 Å². The summed E-state index contributed by atoms with van der Waals surface area (Å²) in [7, 11) is 0. The molecule has 30 heavy (non-hydrogen) atoms. The van der Waals surface area contributed by atoms with Crippen LogP contribution in [0.5, 0.6) is 0 Å². The first-order valence-corrected chi connectivity index (χ1v) is 12.4. The quantitative estimate of drug-likeness (QED) is 0.522. The predicted octanol–water partition coefficient (Wildman–Crippen LogP) is 3.08. The van der Waals surface area contributed by atoms with E-state index in [4.69, 9.17) is 4.98 Å². The van der Waals surface area contributed by atoms with Gasteiger partial charge in [-0.3, -0.25) is 0 Å². The van der Waals surface area contributed by atoms with Crippen molar-refractivity contribution in [2.45, 2.75) is 30.0 Å². The molecule has 3 aromatic rings. The maximum Gasteiger partial charge on any atom is 0.164 e. The topological polar surface area (TPSA) is 91.7 Å². The number of hydrogen-bond acceptors (Lipinski definition) is 7. The lowest BCUT2D eigenvalue weighted by Crippen LogP contribution is -2.41. The third-order valence-electron chi connectivity index (χ3n) is 5.09. The zero-order valence-electron chi connectivity index (χ0n) is 16.9. The lowest BCUT2D eigenvalue weighted by Gasteiger charge is -2.30. The summed E-state index contributed by atoms with van der Waals surface area (Å²) >= 11 is 0.364. The van der Waals surface area contributed by atoms with Gasteiger partial charge in [-0.2, -0.15) is 0 Å². The van der Waals surface area contributed by atoms with E-state index in [1.54, 1.807) is 11.2 Å². The highest BCUT2D eigenvalue weighted by Gasteiger charge is 2.31. The van der Waals surface area contributed by atoms with Crippen molar-refractivity contribution < 1.29 is 14.8 Å². The highest BCUT2D eigenvalue weighted by molar-refractivity contribution is 7.99. The van der Waals surface area contributed by atoms with E-state index in [1.165, 1.54) is 11.8 Å². The molecular weight excluding hydrogens is 418 g/mol. The Morgan fingerprint density at radius 2 is 2.03 bits per heavy atom. The number of anilines is 2. The van der Waals surface area contributed by atoms with Gasteiger partial charge in [-0.1, -0.05) is 52.8 Å². The number of aryl methyl sites for hydroxylation is 1. The number of aromatic nitrogens is 1. The molecule has 0 spiro atoms. The van der Waals surface area contributed by atoms with Gasteiger partial charge in [0.15, 0.2) is 6.23 Å². The average molecular weight is 444 g/mol. The fraction of sp³-hybridized carbons (Fsp3) is 0.318. The molecule has 0 fully saturated rings. The van der Waals surface area contributed by atoms with Gasteiger partial charge in [0.05, 0.1) is 18.3 Å². The predicted molar refractivity (Wildman–Crippen MR) is 124 cm³/mol. The summed E-state index contributed by atoms with van der Waals surface area (Å²) in [6.45, 7) is 3.03.